The van der Waals surface area contributed by atoms with Crippen molar-refractivity contribution in [2.45, 2.75) is 69.7 Å². The highest BCUT2D eigenvalue weighted by Gasteiger charge is 2.44. The summed E-state index contributed by atoms with van der Waals surface area (Å²) in [5, 5.41) is 3.11. The van der Waals surface area contributed by atoms with Gasteiger partial charge in [0.2, 0.25) is 5.91 Å². The molecule has 4 rings (SSSR count). The number of nitrogens with one attached hydrogen (secondary N) is 1. The van der Waals surface area contributed by atoms with Gasteiger partial charge in [-0.05, 0) is 31.7 Å². The number of carbonyl (C=O) groups is 1. The minimum atomic E-state index is -0.129. The van der Waals surface area contributed by atoms with Crippen molar-refractivity contribution in [3.05, 3.63) is 35.6 Å². The van der Waals surface area contributed by atoms with Gasteiger partial charge in [0.05, 0.1) is 12.2 Å². The van der Waals surface area contributed by atoms with Crippen LogP contribution in [0.4, 0.5) is 4.39 Å². The van der Waals surface area contributed by atoms with Crippen molar-refractivity contribution in [2.75, 3.05) is 13.1 Å². The minimum absolute atomic E-state index is 0.124. The topological polar surface area (TPSA) is 41.6 Å². The van der Waals surface area contributed by atoms with E-state index in [2.05, 4.69) is 10.2 Å². The van der Waals surface area contributed by atoms with E-state index in [4.69, 9.17) is 4.74 Å². The number of hydrogen-bond donors (Lipinski definition) is 1. The first kappa shape index (κ1) is 17.9. The van der Waals surface area contributed by atoms with Gasteiger partial charge in [-0.15, -0.1) is 0 Å². The largest absolute Gasteiger partial charge is 0.370 e. The van der Waals surface area contributed by atoms with Gasteiger partial charge in [-0.2, -0.15) is 0 Å². The van der Waals surface area contributed by atoms with E-state index in [0.717, 1.165) is 37.8 Å². The fourth-order valence-electron chi connectivity index (χ4n) is 4.66. The van der Waals surface area contributed by atoms with Crippen molar-refractivity contribution in [1.82, 2.24) is 10.2 Å². The third kappa shape index (κ3) is 3.94. The van der Waals surface area contributed by atoms with Crippen LogP contribution in [0.3, 0.4) is 0 Å². The summed E-state index contributed by atoms with van der Waals surface area (Å²) in [5.74, 6) is 0.293. The molecule has 3 atom stereocenters. The monoisotopic (exact) mass is 360 g/mol. The van der Waals surface area contributed by atoms with E-state index in [-0.39, 0.29) is 29.9 Å². The molecule has 142 valence electrons. The van der Waals surface area contributed by atoms with Crippen LogP contribution in [0.2, 0.25) is 0 Å². The number of rotatable bonds is 5. The molecule has 4 nitrogen and oxygen atoms in total. The number of amides is 1. The van der Waals surface area contributed by atoms with Crippen molar-refractivity contribution >= 4 is 5.91 Å². The van der Waals surface area contributed by atoms with Crippen LogP contribution >= 0.6 is 0 Å². The van der Waals surface area contributed by atoms with E-state index in [1.54, 1.807) is 6.07 Å². The maximum absolute atomic E-state index is 13.8. The molecule has 1 amide bonds. The Labute approximate surface area is 155 Å². The van der Waals surface area contributed by atoms with Crippen LogP contribution in [0.1, 0.15) is 50.5 Å². The zero-order valence-electron chi connectivity index (χ0n) is 15.3. The first-order valence-corrected chi connectivity index (χ1v) is 10.1. The normalized spacial score (nSPS) is 29.7. The number of benzene rings is 1. The molecule has 5 heteroatoms. The summed E-state index contributed by atoms with van der Waals surface area (Å²) in [4.78, 5) is 14.6. The number of nitrogens with zero attached hydrogens (tertiary/aromatic N) is 1. The maximum Gasteiger partial charge on any atom is 0.223 e. The molecule has 2 saturated heterocycles. The van der Waals surface area contributed by atoms with Crippen molar-refractivity contribution in [3.8, 4) is 0 Å². The van der Waals surface area contributed by atoms with Crippen LogP contribution in [-0.2, 0) is 16.1 Å². The van der Waals surface area contributed by atoms with E-state index in [0.29, 0.717) is 19.1 Å². The highest BCUT2D eigenvalue weighted by Crippen LogP contribution is 2.33. The molecule has 3 aliphatic rings. The molecule has 2 aliphatic heterocycles. The number of hydrogen-bond acceptors (Lipinski definition) is 3. The first-order chi connectivity index (χ1) is 12.7. The van der Waals surface area contributed by atoms with Gasteiger partial charge in [-0.1, -0.05) is 37.5 Å². The third-order valence-corrected chi connectivity index (χ3v) is 6.28. The molecular formula is C21H29FN2O2. The summed E-state index contributed by atoms with van der Waals surface area (Å²) < 4.78 is 20.0. The number of fused-ring (bicyclic) bond motifs is 1. The quantitative estimate of drug-likeness (QED) is 0.876. The predicted molar refractivity (Wildman–Crippen MR) is 98.1 cm³/mol. The molecular weight excluding hydrogens is 331 g/mol. The highest BCUT2D eigenvalue weighted by atomic mass is 19.1. The molecule has 1 saturated carbocycles. The van der Waals surface area contributed by atoms with E-state index in [9.17, 15) is 9.18 Å². The van der Waals surface area contributed by atoms with Crippen LogP contribution in [-0.4, -0.2) is 42.1 Å². The first-order valence-electron chi connectivity index (χ1n) is 10.1. The molecule has 0 unspecified atom stereocenters. The molecule has 26 heavy (non-hydrogen) atoms. The van der Waals surface area contributed by atoms with Crippen LogP contribution < -0.4 is 5.32 Å². The molecule has 0 radical (unpaired) electrons. The molecule has 1 aliphatic carbocycles. The van der Waals surface area contributed by atoms with Gasteiger partial charge >= 0.3 is 0 Å². The summed E-state index contributed by atoms with van der Waals surface area (Å²) in [5.41, 5.74) is 0.757. The lowest BCUT2D eigenvalue weighted by Gasteiger charge is -2.52. The summed E-state index contributed by atoms with van der Waals surface area (Å²) in [6.07, 6.45) is 8.07. The van der Waals surface area contributed by atoms with Crippen molar-refractivity contribution in [3.63, 3.8) is 0 Å². The lowest BCUT2D eigenvalue weighted by Crippen LogP contribution is -2.64. The molecule has 0 spiro atoms. The summed E-state index contributed by atoms with van der Waals surface area (Å²) >= 11 is 0. The number of carbonyl (C=O) groups excluding carboxylic acids is 1. The van der Waals surface area contributed by atoms with E-state index in [1.807, 2.05) is 12.1 Å². The molecule has 1 aromatic rings. The zero-order chi connectivity index (χ0) is 17.9. The molecule has 1 N–H and O–H groups in total. The smallest absolute Gasteiger partial charge is 0.223 e. The Morgan fingerprint density at radius 2 is 1.96 bits per heavy atom. The van der Waals surface area contributed by atoms with Crippen molar-refractivity contribution in [1.29, 1.82) is 0 Å². The Hall–Kier alpha value is -1.46. The number of likely N-dealkylation sites (tertiary alicyclic amines) is 1. The van der Waals surface area contributed by atoms with E-state index < -0.39 is 0 Å². The Bertz CT molecular complexity index is 632. The lowest BCUT2D eigenvalue weighted by molar-refractivity contribution is -0.170. The van der Waals surface area contributed by atoms with Crippen LogP contribution in [0.25, 0.3) is 0 Å². The minimum Gasteiger partial charge on any atom is -0.370 e. The fourth-order valence-corrected chi connectivity index (χ4v) is 4.66. The van der Waals surface area contributed by atoms with Crippen LogP contribution in [0, 0.1) is 11.7 Å². The SMILES string of the molecule is O=C(NC[C@@H]1CC[C@@H]2[C@@H](CN2Cc2ccccc2F)O1)C1CCCCC1. The predicted octanol–water partition coefficient (Wildman–Crippen LogP) is 3.25. The summed E-state index contributed by atoms with van der Waals surface area (Å²) in [6.45, 7) is 2.14. The zero-order valence-corrected chi connectivity index (χ0v) is 15.3. The summed E-state index contributed by atoms with van der Waals surface area (Å²) in [7, 11) is 0. The van der Waals surface area contributed by atoms with Crippen molar-refractivity contribution < 1.29 is 13.9 Å². The van der Waals surface area contributed by atoms with Crippen LogP contribution in [0.15, 0.2) is 24.3 Å². The van der Waals surface area contributed by atoms with Crippen molar-refractivity contribution in [2.24, 2.45) is 5.92 Å². The van der Waals surface area contributed by atoms with Gasteiger partial charge in [0.25, 0.3) is 0 Å². The van der Waals surface area contributed by atoms with Gasteiger partial charge < -0.3 is 10.1 Å². The lowest BCUT2D eigenvalue weighted by atomic mass is 9.88. The van der Waals surface area contributed by atoms with Crippen LogP contribution in [0.5, 0.6) is 0 Å². The van der Waals surface area contributed by atoms with Gasteiger partial charge in [0, 0.05) is 37.2 Å². The number of ether oxygens (including phenoxy) is 1. The average Bonchev–Trinajstić information content (AvgIpc) is 2.66. The molecule has 3 fully saturated rings. The Morgan fingerprint density at radius 1 is 1.15 bits per heavy atom. The van der Waals surface area contributed by atoms with Gasteiger partial charge in [-0.25, -0.2) is 4.39 Å². The Balaban J connectivity index is 1.21. The second kappa shape index (κ2) is 8.05. The summed E-state index contributed by atoms with van der Waals surface area (Å²) in [6, 6.07) is 7.39. The second-order valence-corrected chi connectivity index (χ2v) is 8.04. The second-order valence-electron chi connectivity index (χ2n) is 8.04. The fraction of sp³-hybridized carbons (Fsp3) is 0.667. The molecule has 1 aromatic carbocycles. The Kier molecular flexibility index (Phi) is 5.55. The van der Waals surface area contributed by atoms with E-state index >= 15 is 0 Å². The molecule has 0 aromatic heterocycles. The number of halogens is 1. The maximum atomic E-state index is 13.8. The van der Waals surface area contributed by atoms with Gasteiger partial charge in [-0.3, -0.25) is 9.69 Å². The average molecular weight is 360 g/mol. The standard InChI is InChI=1S/C21H29FN2O2/c22-18-9-5-4-8-16(18)13-24-14-20-19(24)11-10-17(26-20)12-23-21(25)15-6-2-1-3-7-15/h4-5,8-9,15,17,19-20H,1-3,6-7,10-14H2,(H,23,25)/t17-,19+,20+/m0/s1. The van der Waals surface area contributed by atoms with Gasteiger partial charge in [0.15, 0.2) is 0 Å². The Morgan fingerprint density at radius 3 is 2.73 bits per heavy atom. The molecule has 0 bridgehead atoms. The third-order valence-electron chi connectivity index (χ3n) is 6.28. The highest BCUT2D eigenvalue weighted by molar-refractivity contribution is 5.78. The van der Waals surface area contributed by atoms with Gasteiger partial charge in [0.1, 0.15) is 5.82 Å². The van der Waals surface area contributed by atoms with E-state index in [1.165, 1.54) is 25.3 Å². The molecule has 2 heterocycles.